The highest BCUT2D eigenvalue weighted by Crippen LogP contribution is 2.32. The number of nitrogens with zero attached hydrogens (tertiary/aromatic N) is 1. The molecule has 6 nitrogen and oxygen atoms in total. The average molecular weight is 480 g/mol. The lowest BCUT2D eigenvalue weighted by Crippen LogP contribution is -2.54. The SMILES string of the molecule is Cc1ccccc1N1C(=O)NC(=O)/C(=C\c2c(OCc3cccc(F)c3)ccc3ccccc23)C1=O. The number of barbiturate groups is 1. The maximum absolute atomic E-state index is 13.6. The monoisotopic (exact) mass is 480 g/mol. The number of rotatable bonds is 5. The minimum atomic E-state index is -0.808. The van der Waals surface area contributed by atoms with E-state index in [2.05, 4.69) is 5.32 Å². The van der Waals surface area contributed by atoms with Gasteiger partial charge < -0.3 is 4.74 Å². The summed E-state index contributed by atoms with van der Waals surface area (Å²) in [6, 6.07) is 23.3. The van der Waals surface area contributed by atoms with Crippen molar-refractivity contribution < 1.29 is 23.5 Å². The molecule has 178 valence electrons. The highest BCUT2D eigenvalue weighted by Gasteiger charge is 2.37. The van der Waals surface area contributed by atoms with Gasteiger partial charge >= 0.3 is 6.03 Å². The Kier molecular flexibility index (Phi) is 6.04. The molecule has 4 amide bonds. The standard InChI is InChI=1S/C29H21FN2O4/c1-18-7-2-5-12-25(18)32-28(34)24(27(33)31-29(32)35)16-23-22-11-4-3-9-20(22)13-14-26(23)36-17-19-8-6-10-21(30)15-19/h2-16H,17H2,1H3,(H,31,33,35)/b24-16+. The fourth-order valence-corrected chi connectivity index (χ4v) is 4.17. The minimum absolute atomic E-state index is 0.0836. The number of aryl methyl sites for hydroxylation is 1. The number of amides is 4. The zero-order valence-electron chi connectivity index (χ0n) is 19.3. The van der Waals surface area contributed by atoms with E-state index in [1.807, 2.05) is 30.3 Å². The topological polar surface area (TPSA) is 75.7 Å². The van der Waals surface area contributed by atoms with Crippen molar-refractivity contribution in [3.63, 3.8) is 0 Å². The summed E-state index contributed by atoms with van der Waals surface area (Å²) in [7, 11) is 0. The number of benzene rings is 4. The number of halogens is 1. The summed E-state index contributed by atoms with van der Waals surface area (Å²) in [4.78, 5) is 39.9. The first-order chi connectivity index (χ1) is 17.4. The molecule has 1 saturated heterocycles. The largest absolute Gasteiger partial charge is 0.488 e. The fourth-order valence-electron chi connectivity index (χ4n) is 4.17. The summed E-state index contributed by atoms with van der Waals surface area (Å²) in [5.41, 5.74) is 2.02. The molecule has 1 aliphatic heterocycles. The third-order valence-electron chi connectivity index (χ3n) is 5.96. The lowest BCUT2D eigenvalue weighted by atomic mass is 9.99. The number of hydrogen-bond donors (Lipinski definition) is 1. The van der Waals surface area contributed by atoms with E-state index >= 15 is 0 Å². The van der Waals surface area contributed by atoms with E-state index in [0.717, 1.165) is 15.7 Å². The van der Waals surface area contributed by atoms with Crippen LogP contribution in [-0.4, -0.2) is 17.8 Å². The van der Waals surface area contributed by atoms with Crippen LogP contribution in [0.3, 0.4) is 0 Å². The number of carbonyl (C=O) groups excluding carboxylic acids is 3. The first-order valence-electron chi connectivity index (χ1n) is 11.3. The van der Waals surface area contributed by atoms with Crippen molar-refractivity contribution >= 4 is 40.4 Å². The van der Waals surface area contributed by atoms with Gasteiger partial charge in [-0.25, -0.2) is 14.1 Å². The average Bonchev–Trinajstić information content (AvgIpc) is 2.86. The molecule has 0 aliphatic carbocycles. The predicted molar refractivity (Wildman–Crippen MR) is 135 cm³/mol. The maximum Gasteiger partial charge on any atom is 0.335 e. The molecule has 4 aromatic rings. The van der Waals surface area contributed by atoms with Gasteiger partial charge in [-0.2, -0.15) is 0 Å². The Morgan fingerprint density at radius 3 is 2.50 bits per heavy atom. The van der Waals surface area contributed by atoms with Crippen LogP contribution in [0.5, 0.6) is 5.75 Å². The number of imide groups is 2. The second-order valence-corrected chi connectivity index (χ2v) is 8.36. The van der Waals surface area contributed by atoms with Crippen LogP contribution in [0.15, 0.2) is 90.5 Å². The van der Waals surface area contributed by atoms with Crippen molar-refractivity contribution in [3.8, 4) is 5.75 Å². The molecule has 36 heavy (non-hydrogen) atoms. The molecule has 0 radical (unpaired) electrons. The highest BCUT2D eigenvalue weighted by molar-refractivity contribution is 6.39. The van der Waals surface area contributed by atoms with Crippen molar-refractivity contribution in [2.24, 2.45) is 0 Å². The van der Waals surface area contributed by atoms with Gasteiger partial charge in [0, 0.05) is 5.56 Å². The smallest absolute Gasteiger partial charge is 0.335 e. The molecular weight excluding hydrogens is 459 g/mol. The zero-order valence-corrected chi connectivity index (χ0v) is 19.3. The van der Waals surface area contributed by atoms with Gasteiger partial charge in [-0.1, -0.05) is 60.7 Å². The van der Waals surface area contributed by atoms with Gasteiger partial charge in [0.2, 0.25) is 0 Å². The molecule has 0 saturated carbocycles. The summed E-state index contributed by atoms with van der Waals surface area (Å²) in [6.07, 6.45) is 1.44. The molecule has 4 aromatic carbocycles. The lowest BCUT2D eigenvalue weighted by molar-refractivity contribution is -0.122. The normalized spacial score (nSPS) is 14.9. The molecule has 0 unspecified atom stereocenters. The van der Waals surface area contributed by atoms with Crippen LogP contribution in [0.25, 0.3) is 16.8 Å². The third kappa shape index (κ3) is 4.34. The number of carbonyl (C=O) groups is 3. The second kappa shape index (κ2) is 9.46. The first kappa shape index (κ1) is 23.0. The second-order valence-electron chi connectivity index (χ2n) is 8.36. The van der Waals surface area contributed by atoms with E-state index < -0.39 is 17.8 Å². The summed E-state index contributed by atoms with van der Waals surface area (Å²) < 4.78 is 19.6. The van der Waals surface area contributed by atoms with E-state index in [4.69, 9.17) is 4.74 Å². The van der Waals surface area contributed by atoms with Gasteiger partial charge in [0.05, 0.1) is 5.69 Å². The predicted octanol–water partition coefficient (Wildman–Crippen LogP) is 5.53. The molecule has 0 atom stereocenters. The number of nitrogens with one attached hydrogen (secondary N) is 1. The third-order valence-corrected chi connectivity index (χ3v) is 5.96. The molecule has 1 N–H and O–H groups in total. The number of hydrogen-bond acceptors (Lipinski definition) is 4. The van der Waals surface area contributed by atoms with E-state index in [-0.39, 0.29) is 18.0 Å². The molecular formula is C29H21FN2O4. The Morgan fingerprint density at radius 1 is 0.917 bits per heavy atom. The molecule has 5 rings (SSSR count). The van der Waals surface area contributed by atoms with Crippen molar-refractivity contribution in [2.75, 3.05) is 4.90 Å². The number of anilines is 1. The number of urea groups is 1. The number of ether oxygens (including phenoxy) is 1. The van der Waals surface area contributed by atoms with Gasteiger partial charge in [-0.05, 0) is 59.2 Å². The van der Waals surface area contributed by atoms with Crippen LogP contribution < -0.4 is 15.0 Å². The molecule has 1 aliphatic rings. The summed E-state index contributed by atoms with van der Waals surface area (Å²) in [6.45, 7) is 1.86. The van der Waals surface area contributed by atoms with Gasteiger partial charge in [0.25, 0.3) is 11.8 Å². The Morgan fingerprint density at radius 2 is 1.69 bits per heavy atom. The van der Waals surface area contributed by atoms with E-state index in [0.29, 0.717) is 28.1 Å². The number of fused-ring (bicyclic) bond motifs is 1. The Hall–Kier alpha value is -4.78. The molecule has 0 spiro atoms. The van der Waals surface area contributed by atoms with Gasteiger partial charge in [0.1, 0.15) is 23.7 Å². The van der Waals surface area contributed by atoms with E-state index in [1.54, 1.807) is 49.4 Å². The summed E-state index contributed by atoms with van der Waals surface area (Å²) in [5.74, 6) is -1.49. The Labute approximate surface area is 206 Å². The highest BCUT2D eigenvalue weighted by atomic mass is 19.1. The van der Waals surface area contributed by atoms with Crippen LogP contribution in [0.1, 0.15) is 16.7 Å². The van der Waals surface area contributed by atoms with Crippen LogP contribution in [-0.2, 0) is 16.2 Å². The van der Waals surface area contributed by atoms with Crippen molar-refractivity contribution in [2.45, 2.75) is 13.5 Å². The first-order valence-corrected chi connectivity index (χ1v) is 11.3. The minimum Gasteiger partial charge on any atom is -0.488 e. The van der Waals surface area contributed by atoms with Crippen molar-refractivity contribution in [3.05, 3.63) is 113 Å². The molecule has 7 heteroatoms. The number of para-hydroxylation sites is 1. The fraction of sp³-hybridized carbons (Fsp3) is 0.0690. The van der Waals surface area contributed by atoms with Gasteiger partial charge in [-0.15, -0.1) is 0 Å². The van der Waals surface area contributed by atoms with Gasteiger partial charge in [-0.3, -0.25) is 14.9 Å². The quantitative estimate of drug-likeness (QED) is 0.301. The van der Waals surface area contributed by atoms with E-state index in [1.165, 1.54) is 18.2 Å². The maximum atomic E-state index is 13.6. The van der Waals surface area contributed by atoms with Crippen LogP contribution >= 0.6 is 0 Å². The Bertz CT molecular complexity index is 1560. The molecule has 1 heterocycles. The van der Waals surface area contributed by atoms with Crippen LogP contribution in [0.4, 0.5) is 14.9 Å². The molecule has 0 aromatic heterocycles. The van der Waals surface area contributed by atoms with Crippen LogP contribution in [0, 0.1) is 12.7 Å². The van der Waals surface area contributed by atoms with Gasteiger partial charge in [0.15, 0.2) is 0 Å². The van der Waals surface area contributed by atoms with Crippen molar-refractivity contribution in [1.82, 2.24) is 5.32 Å². The Balaban J connectivity index is 1.59. The summed E-state index contributed by atoms with van der Waals surface area (Å²) >= 11 is 0. The summed E-state index contributed by atoms with van der Waals surface area (Å²) in [5, 5.41) is 3.89. The lowest BCUT2D eigenvalue weighted by Gasteiger charge is -2.27. The van der Waals surface area contributed by atoms with E-state index in [9.17, 15) is 18.8 Å². The van der Waals surface area contributed by atoms with Crippen molar-refractivity contribution in [1.29, 1.82) is 0 Å². The van der Waals surface area contributed by atoms with Crippen LogP contribution in [0.2, 0.25) is 0 Å². The molecule has 0 bridgehead atoms. The molecule has 1 fully saturated rings. The zero-order chi connectivity index (χ0) is 25.2.